The fourth-order valence-corrected chi connectivity index (χ4v) is 12.3. The number of hydrogen-bond donors (Lipinski definition) is 3. The van der Waals surface area contributed by atoms with Crippen LogP contribution in [-0.2, 0) is 71.2 Å². The molecule has 0 saturated carbocycles. The molecule has 18 nitrogen and oxygen atoms in total. The first-order chi connectivity index (χ1) is 32.7. The van der Waals surface area contributed by atoms with E-state index in [-0.39, 0.29) is 27.7 Å². The van der Waals surface area contributed by atoms with E-state index in [1.165, 1.54) is 0 Å². The SMILES string of the molecule is CCCCOP(=O)(CCCC)OCCCC.CCCCOP(=O)(CCCC)OCCCC.CCCCOP(=O)(CCCC)OCCCC.CCCCOP(=O)(CCCC)OCCCC.O.O.[Co+2].[O-][Cl+](O)(O)O. The molecule has 0 spiro atoms. The van der Waals surface area contributed by atoms with Gasteiger partial charge in [-0.2, -0.15) is 0 Å². The quantitative estimate of drug-likeness (QED) is 0.0377. The van der Waals surface area contributed by atoms with Crippen molar-refractivity contribution < 1.29 is 111 Å². The van der Waals surface area contributed by atoms with E-state index in [4.69, 9.17) is 54.8 Å². The van der Waals surface area contributed by atoms with Crippen molar-refractivity contribution in [3.05, 3.63) is 0 Å². The molecule has 0 unspecified atom stereocenters. The average Bonchev–Trinajstić information content (AvgIpc) is 3.30. The molecular weight excluding hydrogens is 1080 g/mol. The molecule has 0 fully saturated rings. The van der Waals surface area contributed by atoms with E-state index in [1.54, 1.807) is 0 Å². The summed E-state index contributed by atoms with van der Waals surface area (Å²) in [5, 5.41) is 0. The Bertz CT molecular complexity index is 998. The van der Waals surface area contributed by atoms with E-state index < -0.39 is 40.6 Å². The molecule has 0 amide bonds. The Morgan fingerprint density at radius 1 is 0.292 bits per heavy atom. The summed E-state index contributed by atoms with van der Waals surface area (Å²) in [7, 11) is -15.4. The van der Waals surface area contributed by atoms with E-state index in [1.807, 2.05) is 0 Å². The molecule has 24 heteroatoms. The monoisotopic (exact) mass is 1200 g/mol. The van der Waals surface area contributed by atoms with Gasteiger partial charge in [-0.05, 0) is 77.0 Å². The first kappa shape index (κ1) is 89.7. The zero-order chi connectivity index (χ0) is 53.6. The zero-order valence-corrected chi connectivity index (χ0v) is 53.0. The van der Waals surface area contributed by atoms with Crippen LogP contribution in [0.2, 0.25) is 0 Å². The van der Waals surface area contributed by atoms with Crippen LogP contribution in [-0.4, -0.2) is 102 Å². The summed E-state index contributed by atoms with van der Waals surface area (Å²) in [4.78, 5) is 0. The van der Waals surface area contributed by atoms with Crippen LogP contribution >= 0.6 is 30.4 Å². The van der Waals surface area contributed by atoms with Crippen LogP contribution in [0.1, 0.15) is 237 Å². The predicted molar refractivity (Wildman–Crippen MR) is 290 cm³/mol. The van der Waals surface area contributed by atoms with Crippen LogP contribution < -0.4 is 4.66 Å². The number of hydrogen-bond acceptors (Lipinski definition) is 16. The Kier molecular flexibility index (Phi) is 80.6. The van der Waals surface area contributed by atoms with Gasteiger partial charge in [-0.25, -0.2) is 0 Å². The van der Waals surface area contributed by atoms with Gasteiger partial charge in [-0.3, -0.25) is 18.3 Å². The Balaban J connectivity index is -0.000000121. The first-order valence-corrected chi connectivity index (χ1v) is 35.1. The summed E-state index contributed by atoms with van der Waals surface area (Å²) in [5.41, 5.74) is 0. The van der Waals surface area contributed by atoms with Gasteiger partial charge in [-0.15, -0.1) is 0 Å². The van der Waals surface area contributed by atoms with Gasteiger partial charge in [0.1, 0.15) is 0 Å². The van der Waals surface area contributed by atoms with Crippen LogP contribution in [0.3, 0.4) is 0 Å². The van der Waals surface area contributed by atoms with Crippen molar-refractivity contribution in [2.24, 2.45) is 0 Å². The molecule has 0 aromatic heterocycles. The molecule has 449 valence electrons. The minimum atomic E-state index is -4.19. The number of unbranched alkanes of at least 4 members (excludes halogenated alkanes) is 12. The van der Waals surface area contributed by atoms with Gasteiger partial charge in [0.05, 0.1) is 77.5 Å². The average molecular weight is 1200 g/mol. The van der Waals surface area contributed by atoms with Crippen LogP contribution in [0.5, 0.6) is 0 Å². The van der Waals surface area contributed by atoms with Crippen molar-refractivity contribution in [1.29, 1.82) is 0 Å². The molecule has 0 aliphatic rings. The standard InChI is InChI=1S/4C12H27O3P.ClH3O4.Co.2H2O/c4*1-4-7-10-14-16(13,12-9-6-3)15-11-8-5-2;2-1(3,4)5;;;/h4*4-12H2,1-3H3;2-4H;;2*1H2/q;;;;;+2;;. The first-order valence-electron chi connectivity index (χ1n) is 26.9. The van der Waals surface area contributed by atoms with Crippen molar-refractivity contribution in [3.8, 4) is 0 Å². The molecule has 0 heterocycles. The van der Waals surface area contributed by atoms with Gasteiger partial charge >= 0.3 is 76.0 Å². The van der Waals surface area contributed by atoms with Gasteiger partial charge in [0.2, 0.25) is 0 Å². The third kappa shape index (κ3) is 73.2. The minimum absolute atomic E-state index is 0. The second-order valence-electron chi connectivity index (χ2n) is 16.7. The van der Waals surface area contributed by atoms with Gasteiger partial charge in [0, 0.05) is 0 Å². The molecule has 0 atom stereocenters. The fraction of sp³-hybridized carbons (Fsp3) is 1.00. The van der Waals surface area contributed by atoms with Gasteiger partial charge in [0.25, 0.3) is 0 Å². The van der Waals surface area contributed by atoms with Crippen molar-refractivity contribution in [2.75, 3.05) is 77.5 Å². The van der Waals surface area contributed by atoms with Gasteiger partial charge in [-0.1, -0.05) is 160 Å². The van der Waals surface area contributed by atoms with Crippen LogP contribution in [0.25, 0.3) is 0 Å². The maximum absolute atomic E-state index is 12.3. The molecule has 0 rings (SSSR count). The van der Waals surface area contributed by atoms with Gasteiger partial charge < -0.3 is 47.1 Å². The van der Waals surface area contributed by atoms with Crippen molar-refractivity contribution in [2.45, 2.75) is 237 Å². The third-order valence-electron chi connectivity index (χ3n) is 9.43. The Labute approximate surface area is 454 Å². The molecule has 72 heavy (non-hydrogen) atoms. The number of rotatable bonds is 44. The maximum atomic E-state index is 12.3. The summed E-state index contributed by atoms with van der Waals surface area (Å²) in [6.07, 6.45) is 26.1. The molecule has 0 aliphatic heterocycles. The molecule has 0 saturated heterocycles. The van der Waals surface area contributed by atoms with Gasteiger partial charge in [0.15, 0.2) is 0 Å². The van der Waals surface area contributed by atoms with E-state index >= 15 is 0 Å². The summed E-state index contributed by atoms with van der Waals surface area (Å²) in [5.74, 6) is 0. The Morgan fingerprint density at radius 3 is 0.472 bits per heavy atom. The summed E-state index contributed by atoms with van der Waals surface area (Å²) >= 11 is 0. The van der Waals surface area contributed by atoms with Crippen LogP contribution in [0.4, 0.5) is 0 Å². The molecular formula is C48H115ClCoO18P4+2. The van der Waals surface area contributed by atoms with E-state index in [2.05, 4.69) is 83.1 Å². The zero-order valence-electron chi connectivity index (χ0n) is 47.6. The van der Waals surface area contributed by atoms with Crippen LogP contribution in [0.15, 0.2) is 0 Å². The number of halogens is 1. The molecule has 0 aromatic rings. The van der Waals surface area contributed by atoms with Crippen LogP contribution in [0, 0.1) is 10.2 Å². The van der Waals surface area contributed by atoms with Crippen molar-refractivity contribution in [3.63, 3.8) is 0 Å². The molecule has 0 aliphatic carbocycles. The third-order valence-corrected chi connectivity index (χ3v) is 17.5. The fourth-order valence-electron chi connectivity index (χ4n) is 4.86. The summed E-state index contributed by atoms with van der Waals surface area (Å²) in [6.45, 7) is 29.6. The van der Waals surface area contributed by atoms with E-state index in [0.29, 0.717) is 77.5 Å². The van der Waals surface area contributed by atoms with Crippen molar-refractivity contribution in [1.82, 2.24) is 0 Å². The molecule has 1 radical (unpaired) electrons. The summed E-state index contributed by atoms with van der Waals surface area (Å²) in [6, 6.07) is 0. The molecule has 0 bridgehead atoms. The molecule has 0 aromatic carbocycles. The van der Waals surface area contributed by atoms with Crippen molar-refractivity contribution >= 4 is 30.4 Å². The topological polar surface area (TPSA) is 289 Å². The second kappa shape index (κ2) is 64.7. The van der Waals surface area contributed by atoms with E-state index in [0.717, 1.165) is 154 Å². The summed E-state index contributed by atoms with van der Waals surface area (Å²) < 4.78 is 123. The normalized spacial score (nSPS) is 11.7. The van der Waals surface area contributed by atoms with E-state index in [9.17, 15) is 18.3 Å². The second-order valence-corrected chi connectivity index (χ2v) is 26.3. The molecule has 7 N–H and O–H groups in total. The predicted octanol–water partition coefficient (Wildman–Crippen LogP) is 13.9. The Hall–Kier alpha value is 1.16. The Morgan fingerprint density at radius 2 is 0.389 bits per heavy atom.